The average Bonchev–Trinajstić information content (AvgIpc) is 2.89. The van der Waals surface area contributed by atoms with Gasteiger partial charge in [-0.25, -0.2) is 0 Å². The summed E-state index contributed by atoms with van der Waals surface area (Å²) in [7, 11) is 0. The average molecular weight is 301 g/mol. The number of anilines is 1. The van der Waals surface area contributed by atoms with Gasteiger partial charge in [-0.3, -0.25) is 0 Å². The lowest BCUT2D eigenvalue weighted by Gasteiger charge is -2.05. The molecule has 2 aromatic carbocycles. The molecule has 21 heavy (non-hydrogen) atoms. The Kier molecular flexibility index (Phi) is 3.50. The predicted octanol–water partition coefficient (Wildman–Crippen LogP) is 3.22. The van der Waals surface area contributed by atoms with Crippen LogP contribution in [0, 0.1) is 0 Å². The van der Waals surface area contributed by atoms with Gasteiger partial charge in [0.15, 0.2) is 0 Å². The Morgan fingerprint density at radius 2 is 2.00 bits per heavy atom. The number of nitrogen functional groups attached to an aromatic ring is 1. The molecule has 5 nitrogen and oxygen atoms in total. The molecule has 0 aliphatic heterocycles. The molecule has 0 unspecified atom stereocenters. The van der Waals surface area contributed by atoms with E-state index in [0.717, 1.165) is 11.4 Å². The summed E-state index contributed by atoms with van der Waals surface area (Å²) >= 11 is 5.99. The smallest absolute Gasteiger partial charge is 0.121 e. The van der Waals surface area contributed by atoms with Crippen molar-refractivity contribution in [1.82, 2.24) is 15.0 Å². The Balaban J connectivity index is 2.01. The molecular weight excluding hydrogens is 288 g/mol. The maximum Gasteiger partial charge on any atom is 0.121 e. The molecule has 0 aliphatic rings. The lowest BCUT2D eigenvalue weighted by atomic mass is 10.3. The van der Waals surface area contributed by atoms with Crippen molar-refractivity contribution >= 4 is 28.3 Å². The SMILES string of the molecule is C=CCOc1cccc(-n2nc3cc(N)c(Cl)cc3n2)c1. The Morgan fingerprint density at radius 3 is 2.76 bits per heavy atom. The Bertz CT molecular complexity index is 774. The molecule has 0 fully saturated rings. The Morgan fingerprint density at radius 1 is 1.24 bits per heavy atom. The van der Waals surface area contributed by atoms with Crippen molar-refractivity contribution in [3.05, 3.63) is 54.1 Å². The Hall–Kier alpha value is -2.53. The summed E-state index contributed by atoms with van der Waals surface area (Å²) in [5.74, 6) is 0.728. The summed E-state index contributed by atoms with van der Waals surface area (Å²) in [6.45, 7) is 4.07. The molecule has 3 aromatic rings. The van der Waals surface area contributed by atoms with Gasteiger partial charge >= 0.3 is 0 Å². The minimum atomic E-state index is 0.449. The highest BCUT2D eigenvalue weighted by Crippen LogP contribution is 2.24. The number of benzene rings is 2. The van der Waals surface area contributed by atoms with E-state index in [0.29, 0.717) is 28.4 Å². The van der Waals surface area contributed by atoms with E-state index in [1.165, 1.54) is 4.80 Å². The first kappa shape index (κ1) is 13.5. The molecular formula is C15H13ClN4O. The summed E-state index contributed by atoms with van der Waals surface area (Å²) in [4.78, 5) is 1.53. The van der Waals surface area contributed by atoms with Gasteiger partial charge in [0.25, 0.3) is 0 Å². The zero-order valence-electron chi connectivity index (χ0n) is 11.2. The maximum atomic E-state index is 5.99. The molecule has 0 aliphatic carbocycles. The molecule has 3 rings (SSSR count). The quantitative estimate of drug-likeness (QED) is 0.593. The number of nitrogens with two attached hydrogens (primary N) is 1. The van der Waals surface area contributed by atoms with Gasteiger partial charge in [-0.2, -0.15) is 4.80 Å². The van der Waals surface area contributed by atoms with Crippen molar-refractivity contribution in [3.8, 4) is 11.4 Å². The van der Waals surface area contributed by atoms with E-state index >= 15 is 0 Å². The lowest BCUT2D eigenvalue weighted by molar-refractivity contribution is 0.363. The first-order valence-corrected chi connectivity index (χ1v) is 6.71. The van der Waals surface area contributed by atoms with Gasteiger partial charge in [-0.05, 0) is 24.3 Å². The van der Waals surface area contributed by atoms with Crippen LogP contribution >= 0.6 is 11.6 Å². The van der Waals surface area contributed by atoms with Crippen LogP contribution in [0.3, 0.4) is 0 Å². The minimum absolute atomic E-state index is 0.449. The van der Waals surface area contributed by atoms with Crippen LogP contribution in [0.25, 0.3) is 16.7 Å². The van der Waals surface area contributed by atoms with Gasteiger partial charge in [-0.15, -0.1) is 10.2 Å². The lowest BCUT2D eigenvalue weighted by Crippen LogP contribution is -1.99. The summed E-state index contributed by atoms with van der Waals surface area (Å²) in [5.41, 5.74) is 8.43. The maximum absolute atomic E-state index is 5.99. The summed E-state index contributed by atoms with van der Waals surface area (Å²) < 4.78 is 5.50. The van der Waals surface area contributed by atoms with Crippen LogP contribution in [-0.4, -0.2) is 21.6 Å². The molecule has 2 N–H and O–H groups in total. The molecule has 6 heteroatoms. The van der Waals surface area contributed by atoms with Crippen molar-refractivity contribution in [1.29, 1.82) is 0 Å². The van der Waals surface area contributed by atoms with E-state index in [-0.39, 0.29) is 0 Å². The molecule has 0 bridgehead atoms. The van der Waals surface area contributed by atoms with Gasteiger partial charge in [0.05, 0.1) is 16.4 Å². The number of rotatable bonds is 4. The number of halogens is 1. The third kappa shape index (κ3) is 2.68. The summed E-state index contributed by atoms with van der Waals surface area (Å²) in [6.07, 6.45) is 1.69. The zero-order chi connectivity index (χ0) is 14.8. The topological polar surface area (TPSA) is 66.0 Å². The zero-order valence-corrected chi connectivity index (χ0v) is 11.9. The van der Waals surface area contributed by atoms with Crippen LogP contribution in [0.4, 0.5) is 5.69 Å². The number of hydrogen-bond donors (Lipinski definition) is 1. The number of ether oxygens (including phenoxy) is 1. The highest BCUT2D eigenvalue weighted by molar-refractivity contribution is 6.33. The molecule has 0 radical (unpaired) electrons. The van der Waals surface area contributed by atoms with Gasteiger partial charge in [0.1, 0.15) is 23.4 Å². The van der Waals surface area contributed by atoms with E-state index in [1.807, 2.05) is 24.3 Å². The van der Waals surface area contributed by atoms with Gasteiger partial charge in [0.2, 0.25) is 0 Å². The third-order valence-corrected chi connectivity index (χ3v) is 3.24. The van der Waals surface area contributed by atoms with Crippen molar-refractivity contribution in [2.45, 2.75) is 0 Å². The van der Waals surface area contributed by atoms with E-state index in [1.54, 1.807) is 18.2 Å². The first-order valence-electron chi connectivity index (χ1n) is 6.33. The second kappa shape index (κ2) is 5.46. The standard InChI is InChI=1S/C15H13ClN4O/c1-2-6-21-11-5-3-4-10(7-11)20-18-14-8-12(16)13(17)9-15(14)19-20/h2-5,7-9H,1,6,17H2. The third-order valence-electron chi connectivity index (χ3n) is 2.92. The van der Waals surface area contributed by atoms with Gasteiger partial charge in [0, 0.05) is 6.07 Å². The second-order valence-corrected chi connectivity index (χ2v) is 4.86. The molecule has 0 amide bonds. The molecule has 0 saturated heterocycles. The normalized spacial score (nSPS) is 10.7. The monoisotopic (exact) mass is 300 g/mol. The Labute approximate surface area is 126 Å². The number of aromatic nitrogens is 3. The van der Waals surface area contributed by atoms with Crippen molar-refractivity contribution < 1.29 is 4.74 Å². The van der Waals surface area contributed by atoms with E-state index in [4.69, 9.17) is 22.1 Å². The molecule has 1 aromatic heterocycles. The molecule has 1 heterocycles. The molecule has 0 saturated carbocycles. The van der Waals surface area contributed by atoms with Crippen LogP contribution in [0.5, 0.6) is 5.75 Å². The number of hydrogen-bond acceptors (Lipinski definition) is 4. The van der Waals surface area contributed by atoms with Gasteiger partial charge in [-0.1, -0.05) is 30.3 Å². The highest BCUT2D eigenvalue weighted by atomic mass is 35.5. The van der Waals surface area contributed by atoms with Gasteiger partial charge < -0.3 is 10.5 Å². The van der Waals surface area contributed by atoms with Crippen molar-refractivity contribution in [3.63, 3.8) is 0 Å². The first-order chi connectivity index (χ1) is 10.2. The number of nitrogens with zero attached hydrogens (tertiary/aromatic N) is 3. The fourth-order valence-electron chi connectivity index (χ4n) is 1.92. The van der Waals surface area contributed by atoms with Crippen LogP contribution < -0.4 is 10.5 Å². The van der Waals surface area contributed by atoms with Crippen LogP contribution in [-0.2, 0) is 0 Å². The molecule has 106 valence electrons. The minimum Gasteiger partial charge on any atom is -0.489 e. The van der Waals surface area contributed by atoms with E-state index in [9.17, 15) is 0 Å². The highest BCUT2D eigenvalue weighted by Gasteiger charge is 2.08. The van der Waals surface area contributed by atoms with E-state index in [2.05, 4.69) is 16.8 Å². The molecule has 0 atom stereocenters. The van der Waals surface area contributed by atoms with Crippen molar-refractivity contribution in [2.75, 3.05) is 12.3 Å². The number of fused-ring (bicyclic) bond motifs is 1. The second-order valence-electron chi connectivity index (χ2n) is 4.45. The molecule has 0 spiro atoms. The summed E-state index contributed by atoms with van der Waals surface area (Å²) in [6, 6.07) is 10.9. The summed E-state index contributed by atoms with van der Waals surface area (Å²) in [5, 5.41) is 9.26. The van der Waals surface area contributed by atoms with Crippen LogP contribution in [0.1, 0.15) is 0 Å². The fraction of sp³-hybridized carbons (Fsp3) is 0.0667. The van der Waals surface area contributed by atoms with E-state index < -0.39 is 0 Å². The predicted molar refractivity (Wildman–Crippen MR) is 84.0 cm³/mol. The van der Waals surface area contributed by atoms with Crippen LogP contribution in [0.15, 0.2) is 49.1 Å². The van der Waals surface area contributed by atoms with Crippen LogP contribution in [0.2, 0.25) is 5.02 Å². The van der Waals surface area contributed by atoms with Crippen molar-refractivity contribution in [2.24, 2.45) is 0 Å². The fourth-order valence-corrected chi connectivity index (χ4v) is 2.08. The largest absolute Gasteiger partial charge is 0.489 e.